The Balaban J connectivity index is 2.59. The molecule has 0 unspecified atom stereocenters. The Morgan fingerprint density at radius 2 is 2.20 bits per heavy atom. The molecule has 0 amide bonds. The molecule has 1 aromatic carbocycles. The lowest BCUT2D eigenvalue weighted by Crippen LogP contribution is -1.92. The molecule has 0 atom stereocenters. The number of hydrogen-bond acceptors (Lipinski definition) is 5. The summed E-state index contributed by atoms with van der Waals surface area (Å²) in [7, 11) is 1.49. The number of nitro benzene ring substituents is 1. The van der Waals surface area contributed by atoms with Gasteiger partial charge < -0.3 is 4.74 Å². The quantitative estimate of drug-likeness (QED) is 0.549. The van der Waals surface area contributed by atoms with Crippen molar-refractivity contribution in [3.05, 3.63) is 34.5 Å². The monoisotopic (exact) mass is 205 g/mol. The van der Waals surface area contributed by atoms with E-state index in [0.29, 0.717) is 16.9 Å². The predicted octanol–water partition coefficient (Wildman–Crippen LogP) is 1.55. The maximum atomic E-state index is 10.5. The van der Waals surface area contributed by atoms with Gasteiger partial charge >= 0.3 is 0 Å². The molecule has 1 heterocycles. The van der Waals surface area contributed by atoms with Gasteiger partial charge in [-0.05, 0) is 6.07 Å². The molecule has 0 fully saturated rings. The maximum absolute atomic E-state index is 10.5. The van der Waals surface area contributed by atoms with Gasteiger partial charge in [-0.2, -0.15) is 0 Å². The van der Waals surface area contributed by atoms with Gasteiger partial charge in [0.1, 0.15) is 0 Å². The summed E-state index contributed by atoms with van der Waals surface area (Å²) in [6.45, 7) is 0. The van der Waals surface area contributed by atoms with Crippen molar-refractivity contribution in [2.24, 2.45) is 0 Å². The van der Waals surface area contributed by atoms with E-state index in [-0.39, 0.29) is 5.69 Å². The van der Waals surface area contributed by atoms with Crippen LogP contribution in [0.1, 0.15) is 0 Å². The van der Waals surface area contributed by atoms with Gasteiger partial charge in [0.15, 0.2) is 0 Å². The van der Waals surface area contributed by atoms with Gasteiger partial charge in [0.05, 0.1) is 29.3 Å². The lowest BCUT2D eigenvalue weighted by Gasteiger charge is -1.99. The summed E-state index contributed by atoms with van der Waals surface area (Å²) >= 11 is 0. The molecule has 0 N–H and O–H groups in total. The van der Waals surface area contributed by atoms with E-state index >= 15 is 0 Å². The molecule has 15 heavy (non-hydrogen) atoms. The predicted molar refractivity (Wildman–Crippen MR) is 52.7 cm³/mol. The van der Waals surface area contributed by atoms with Gasteiger partial charge in [0.25, 0.3) is 5.69 Å². The summed E-state index contributed by atoms with van der Waals surface area (Å²) in [6, 6.07) is 4.31. The zero-order chi connectivity index (χ0) is 10.8. The van der Waals surface area contributed by atoms with Gasteiger partial charge in [0.2, 0.25) is 5.88 Å². The summed E-state index contributed by atoms with van der Waals surface area (Å²) in [6.07, 6.45) is 1.42. The van der Waals surface area contributed by atoms with E-state index in [0.717, 1.165) is 0 Å². The summed E-state index contributed by atoms with van der Waals surface area (Å²) in [5.74, 6) is 0.386. The van der Waals surface area contributed by atoms with Crippen LogP contribution in [0.5, 0.6) is 5.88 Å². The first kappa shape index (κ1) is 9.32. The number of non-ortho nitro benzene ring substituents is 1. The Morgan fingerprint density at radius 3 is 2.87 bits per heavy atom. The maximum Gasteiger partial charge on any atom is 0.271 e. The van der Waals surface area contributed by atoms with Crippen molar-refractivity contribution in [2.45, 2.75) is 0 Å². The summed E-state index contributed by atoms with van der Waals surface area (Å²) in [4.78, 5) is 18.1. The SMILES string of the molecule is COc1cnc2cc([N+](=O)[O-])ccc2n1. The van der Waals surface area contributed by atoms with E-state index < -0.39 is 4.92 Å². The number of methoxy groups -OCH3 is 1. The Morgan fingerprint density at radius 1 is 1.40 bits per heavy atom. The molecule has 0 aliphatic heterocycles. The molecule has 2 aromatic rings. The van der Waals surface area contributed by atoms with Crippen LogP contribution in [0.4, 0.5) is 5.69 Å². The van der Waals surface area contributed by atoms with Crippen molar-refractivity contribution >= 4 is 16.7 Å². The highest BCUT2D eigenvalue weighted by molar-refractivity contribution is 5.77. The van der Waals surface area contributed by atoms with Gasteiger partial charge in [-0.1, -0.05) is 0 Å². The van der Waals surface area contributed by atoms with Crippen molar-refractivity contribution < 1.29 is 9.66 Å². The second-order valence-electron chi connectivity index (χ2n) is 2.84. The first-order chi connectivity index (χ1) is 7.20. The fourth-order valence-electron chi connectivity index (χ4n) is 1.19. The smallest absolute Gasteiger partial charge is 0.271 e. The number of aromatic nitrogens is 2. The van der Waals surface area contributed by atoms with Crippen LogP contribution >= 0.6 is 0 Å². The lowest BCUT2D eigenvalue weighted by atomic mass is 10.2. The van der Waals surface area contributed by atoms with Crippen LogP contribution in [0.3, 0.4) is 0 Å². The molecule has 0 radical (unpaired) electrons. The number of benzene rings is 1. The van der Waals surface area contributed by atoms with Gasteiger partial charge in [-0.3, -0.25) is 10.1 Å². The van der Waals surface area contributed by atoms with E-state index in [1.165, 1.54) is 25.4 Å². The number of rotatable bonds is 2. The fraction of sp³-hybridized carbons (Fsp3) is 0.111. The second-order valence-corrected chi connectivity index (χ2v) is 2.84. The Bertz CT molecular complexity index is 527. The highest BCUT2D eigenvalue weighted by Crippen LogP contribution is 2.19. The van der Waals surface area contributed by atoms with Crippen LogP contribution in [0, 0.1) is 10.1 Å². The summed E-state index contributed by atoms with van der Waals surface area (Å²) in [5.41, 5.74) is 1.05. The first-order valence-electron chi connectivity index (χ1n) is 4.16. The number of nitrogens with zero attached hydrogens (tertiary/aromatic N) is 3. The van der Waals surface area contributed by atoms with Gasteiger partial charge in [-0.15, -0.1) is 0 Å². The molecular weight excluding hydrogens is 198 g/mol. The lowest BCUT2D eigenvalue weighted by molar-refractivity contribution is -0.384. The van der Waals surface area contributed by atoms with E-state index in [9.17, 15) is 10.1 Å². The Labute approximate surface area is 84.7 Å². The first-order valence-corrected chi connectivity index (χ1v) is 4.16. The second kappa shape index (κ2) is 3.49. The number of nitro groups is 1. The molecule has 0 spiro atoms. The standard InChI is InChI=1S/C9H7N3O3/c1-15-9-5-10-8-4-6(12(13)14)2-3-7(8)11-9/h2-5H,1H3. The summed E-state index contributed by atoms with van der Waals surface area (Å²) in [5, 5.41) is 10.5. The molecule has 6 nitrogen and oxygen atoms in total. The van der Waals surface area contributed by atoms with Crippen molar-refractivity contribution in [3.63, 3.8) is 0 Å². The normalized spacial score (nSPS) is 10.2. The molecule has 0 aliphatic carbocycles. The van der Waals surface area contributed by atoms with E-state index in [1.807, 2.05) is 0 Å². The zero-order valence-electron chi connectivity index (χ0n) is 7.88. The topological polar surface area (TPSA) is 78.2 Å². The van der Waals surface area contributed by atoms with E-state index in [4.69, 9.17) is 4.74 Å². The molecule has 6 heteroatoms. The van der Waals surface area contributed by atoms with Gasteiger partial charge in [-0.25, -0.2) is 9.97 Å². The van der Waals surface area contributed by atoms with Crippen LogP contribution in [-0.4, -0.2) is 22.0 Å². The number of hydrogen-bond donors (Lipinski definition) is 0. The van der Waals surface area contributed by atoms with Crippen molar-refractivity contribution in [1.29, 1.82) is 0 Å². The average molecular weight is 205 g/mol. The van der Waals surface area contributed by atoms with E-state index in [1.54, 1.807) is 6.07 Å². The molecular formula is C9H7N3O3. The van der Waals surface area contributed by atoms with Crippen LogP contribution in [0.2, 0.25) is 0 Å². The summed E-state index contributed by atoms with van der Waals surface area (Å²) < 4.78 is 4.89. The molecule has 2 rings (SSSR count). The molecule has 76 valence electrons. The Kier molecular flexibility index (Phi) is 2.17. The third kappa shape index (κ3) is 1.69. The van der Waals surface area contributed by atoms with Crippen LogP contribution in [0.15, 0.2) is 24.4 Å². The minimum Gasteiger partial charge on any atom is -0.480 e. The molecule has 0 aliphatic rings. The molecule has 0 saturated heterocycles. The number of fused-ring (bicyclic) bond motifs is 1. The van der Waals surface area contributed by atoms with Gasteiger partial charge in [0, 0.05) is 12.1 Å². The zero-order valence-corrected chi connectivity index (χ0v) is 7.88. The fourth-order valence-corrected chi connectivity index (χ4v) is 1.19. The van der Waals surface area contributed by atoms with Crippen LogP contribution < -0.4 is 4.74 Å². The largest absolute Gasteiger partial charge is 0.480 e. The van der Waals surface area contributed by atoms with Crippen LogP contribution in [0.25, 0.3) is 11.0 Å². The van der Waals surface area contributed by atoms with Crippen molar-refractivity contribution in [1.82, 2.24) is 9.97 Å². The van der Waals surface area contributed by atoms with Crippen molar-refractivity contribution in [2.75, 3.05) is 7.11 Å². The average Bonchev–Trinajstić information content (AvgIpc) is 2.27. The third-order valence-corrected chi connectivity index (χ3v) is 1.92. The minimum absolute atomic E-state index is 0.00182. The van der Waals surface area contributed by atoms with Crippen molar-refractivity contribution in [3.8, 4) is 5.88 Å². The van der Waals surface area contributed by atoms with E-state index in [2.05, 4.69) is 9.97 Å². The molecule has 0 saturated carbocycles. The highest BCUT2D eigenvalue weighted by atomic mass is 16.6. The molecule has 0 bridgehead atoms. The Hall–Kier alpha value is -2.24. The molecule has 1 aromatic heterocycles. The highest BCUT2D eigenvalue weighted by Gasteiger charge is 2.07. The number of ether oxygens (including phenoxy) is 1. The van der Waals surface area contributed by atoms with Crippen LogP contribution in [-0.2, 0) is 0 Å². The third-order valence-electron chi connectivity index (χ3n) is 1.92. The minimum atomic E-state index is -0.467.